The maximum absolute atomic E-state index is 13.9. The first-order valence-electron chi connectivity index (χ1n) is 14.3. The molecule has 5 rings (SSSR count). The van der Waals surface area contributed by atoms with Gasteiger partial charge in [-0.25, -0.2) is 0 Å². The highest BCUT2D eigenvalue weighted by Crippen LogP contribution is 2.38. The highest BCUT2D eigenvalue weighted by molar-refractivity contribution is 6.06. The fourth-order valence-corrected chi connectivity index (χ4v) is 5.99. The van der Waals surface area contributed by atoms with Crippen molar-refractivity contribution in [2.75, 3.05) is 38.7 Å². The molecule has 2 N–H and O–H groups in total. The van der Waals surface area contributed by atoms with Gasteiger partial charge in [-0.05, 0) is 87.4 Å². The summed E-state index contributed by atoms with van der Waals surface area (Å²) in [6.07, 6.45) is 5.87. The lowest BCUT2D eigenvalue weighted by Crippen LogP contribution is -2.48. The molecule has 1 aromatic carbocycles. The number of hydrogen-bond acceptors (Lipinski definition) is 5. The Morgan fingerprint density at radius 3 is 2.72 bits per heavy atom. The van der Waals surface area contributed by atoms with E-state index in [2.05, 4.69) is 29.0 Å². The van der Waals surface area contributed by atoms with Gasteiger partial charge in [-0.2, -0.15) is 0 Å². The lowest BCUT2D eigenvalue weighted by molar-refractivity contribution is -0.120. The zero-order valence-corrected chi connectivity index (χ0v) is 24.0. The van der Waals surface area contributed by atoms with E-state index in [0.717, 1.165) is 48.5 Å². The molecule has 8 heteroatoms. The van der Waals surface area contributed by atoms with Crippen molar-refractivity contribution in [1.29, 1.82) is 0 Å². The first-order valence-corrected chi connectivity index (χ1v) is 14.3. The molecular weight excluding hydrogens is 492 g/mol. The Morgan fingerprint density at radius 2 is 2.00 bits per heavy atom. The third kappa shape index (κ3) is 6.06. The molecule has 0 spiro atoms. The predicted octanol–water partition coefficient (Wildman–Crippen LogP) is 4.30. The van der Waals surface area contributed by atoms with Crippen molar-refractivity contribution in [1.82, 2.24) is 15.2 Å². The van der Waals surface area contributed by atoms with Gasteiger partial charge in [0, 0.05) is 36.5 Å². The van der Waals surface area contributed by atoms with Crippen LogP contribution in [0.1, 0.15) is 83.6 Å². The van der Waals surface area contributed by atoms with Gasteiger partial charge in [0.05, 0.1) is 0 Å². The van der Waals surface area contributed by atoms with E-state index in [4.69, 9.17) is 4.74 Å². The number of amides is 2. The van der Waals surface area contributed by atoms with E-state index < -0.39 is 6.04 Å². The van der Waals surface area contributed by atoms with Gasteiger partial charge in [0.25, 0.3) is 5.91 Å². The molecule has 210 valence electrons. The molecule has 0 saturated heterocycles. The molecule has 1 unspecified atom stereocenters. The summed E-state index contributed by atoms with van der Waals surface area (Å²) in [7, 11) is 4.03. The maximum Gasteiger partial charge on any atom is 0.268 e. The van der Waals surface area contributed by atoms with E-state index in [1.165, 1.54) is 12.8 Å². The number of rotatable bonds is 10. The molecule has 2 aromatic rings. The predicted molar refractivity (Wildman–Crippen MR) is 152 cm³/mol. The van der Waals surface area contributed by atoms with Gasteiger partial charge in [-0.15, -0.1) is 0 Å². The minimum absolute atomic E-state index is 0.0739. The quantitative estimate of drug-likeness (QED) is 0.474. The summed E-state index contributed by atoms with van der Waals surface area (Å²) >= 11 is 0. The fourth-order valence-electron chi connectivity index (χ4n) is 5.99. The van der Waals surface area contributed by atoms with E-state index in [1.54, 1.807) is 0 Å². The number of benzene rings is 1. The number of likely N-dealkylation sites (N-methyl/N-ethyl adjacent to an activating group) is 1. The standard InChI is InChI=1S/C31H42N4O4/c1-19-27-24(17-31(2,3)18-26(27)36)32-28(19)29(37)33-23(10-8-20-6-7-20)30(38)35-13-12-21-16-22(9-11-25(21)35)39-15-14-34(4)5/h9,11,16,20,23,32H,6-8,10,12-15,17-18H2,1-5H3,(H,33,37). The first kappa shape index (κ1) is 27.4. The number of ether oxygens (including phenoxy) is 1. The molecule has 1 saturated carbocycles. The van der Waals surface area contributed by atoms with Crippen molar-refractivity contribution >= 4 is 23.3 Å². The van der Waals surface area contributed by atoms with Crippen LogP contribution < -0.4 is 15.0 Å². The lowest BCUT2D eigenvalue weighted by Gasteiger charge is -2.28. The highest BCUT2D eigenvalue weighted by Gasteiger charge is 2.37. The molecule has 0 radical (unpaired) electrons. The van der Waals surface area contributed by atoms with Crippen molar-refractivity contribution < 1.29 is 19.1 Å². The van der Waals surface area contributed by atoms with Crippen LogP contribution in [0.2, 0.25) is 0 Å². The van der Waals surface area contributed by atoms with Crippen molar-refractivity contribution in [3.05, 3.63) is 46.3 Å². The molecule has 0 bridgehead atoms. The number of anilines is 1. The molecule has 1 fully saturated rings. The minimum Gasteiger partial charge on any atom is -0.492 e. The Hall–Kier alpha value is -3.13. The first-order chi connectivity index (χ1) is 18.5. The van der Waals surface area contributed by atoms with Crippen molar-refractivity contribution in [3.63, 3.8) is 0 Å². The van der Waals surface area contributed by atoms with Gasteiger partial charge in [0.2, 0.25) is 5.91 Å². The summed E-state index contributed by atoms with van der Waals surface area (Å²) in [5.74, 6) is 1.15. The number of H-pyrrole nitrogens is 1. The number of aromatic amines is 1. The Balaban J connectivity index is 1.32. The SMILES string of the molecule is Cc1c(C(=O)NC(CCC2CC2)C(=O)N2CCc3cc(OCCN(C)C)ccc32)[nH]c2c1C(=O)CC(C)(C)C2. The van der Waals surface area contributed by atoms with Crippen molar-refractivity contribution in [3.8, 4) is 5.75 Å². The smallest absolute Gasteiger partial charge is 0.268 e. The minimum atomic E-state index is -0.619. The number of nitrogens with one attached hydrogen (secondary N) is 2. The molecule has 1 atom stereocenters. The third-order valence-electron chi connectivity index (χ3n) is 8.31. The van der Waals surface area contributed by atoms with Crippen molar-refractivity contribution in [2.24, 2.45) is 11.3 Å². The molecule has 1 aliphatic heterocycles. The van der Waals surface area contributed by atoms with Gasteiger partial charge in [0.1, 0.15) is 24.1 Å². The van der Waals surface area contributed by atoms with Gasteiger partial charge in [-0.1, -0.05) is 26.7 Å². The van der Waals surface area contributed by atoms with E-state index in [-0.39, 0.29) is 23.0 Å². The Morgan fingerprint density at radius 1 is 1.23 bits per heavy atom. The topological polar surface area (TPSA) is 94.7 Å². The molecule has 2 amide bonds. The van der Waals surface area contributed by atoms with Crippen molar-refractivity contribution in [2.45, 2.75) is 71.8 Å². The third-order valence-corrected chi connectivity index (χ3v) is 8.31. The van der Waals surface area contributed by atoms with E-state index >= 15 is 0 Å². The van der Waals surface area contributed by atoms with Gasteiger partial charge < -0.3 is 24.8 Å². The molecule has 3 aliphatic rings. The summed E-state index contributed by atoms with van der Waals surface area (Å²) in [4.78, 5) is 47.4. The highest BCUT2D eigenvalue weighted by atomic mass is 16.5. The largest absolute Gasteiger partial charge is 0.492 e. The summed E-state index contributed by atoms with van der Waals surface area (Å²) in [5, 5.41) is 3.06. The molecule has 2 heterocycles. The summed E-state index contributed by atoms with van der Waals surface area (Å²) < 4.78 is 5.90. The van der Waals surface area contributed by atoms with E-state index in [0.29, 0.717) is 48.7 Å². The molecular formula is C31H42N4O4. The van der Waals surface area contributed by atoms with E-state index in [1.807, 2.05) is 44.1 Å². The monoisotopic (exact) mass is 534 g/mol. The number of fused-ring (bicyclic) bond motifs is 2. The van der Waals surface area contributed by atoms with Gasteiger partial charge in [0.15, 0.2) is 5.78 Å². The van der Waals surface area contributed by atoms with Crippen LogP contribution in [-0.2, 0) is 17.6 Å². The Kier molecular flexibility index (Phi) is 7.60. The second kappa shape index (κ2) is 10.8. The van der Waals surface area contributed by atoms with Crippen LogP contribution in [-0.4, -0.2) is 67.3 Å². The molecule has 2 aliphatic carbocycles. The number of carbonyl (C=O) groups is 3. The number of carbonyl (C=O) groups excluding carboxylic acids is 3. The second-order valence-electron chi connectivity index (χ2n) is 12.6. The van der Waals surface area contributed by atoms with Crippen LogP contribution in [0.25, 0.3) is 0 Å². The zero-order chi connectivity index (χ0) is 27.9. The fraction of sp³-hybridized carbons (Fsp3) is 0.581. The molecule has 39 heavy (non-hydrogen) atoms. The van der Waals surface area contributed by atoms with Gasteiger partial charge >= 0.3 is 0 Å². The average molecular weight is 535 g/mol. The number of hydrogen-bond donors (Lipinski definition) is 2. The van der Waals surface area contributed by atoms with Crippen LogP contribution in [0, 0.1) is 18.3 Å². The van der Waals surface area contributed by atoms with E-state index in [9.17, 15) is 14.4 Å². The number of ketones is 1. The number of Topliss-reactive ketones (excluding diaryl/α,β-unsaturated/α-hetero) is 1. The Labute approximate surface area is 231 Å². The molecule has 1 aromatic heterocycles. The zero-order valence-electron chi connectivity index (χ0n) is 24.0. The summed E-state index contributed by atoms with van der Waals surface area (Å²) in [6, 6.07) is 5.29. The van der Waals surface area contributed by atoms with Crippen LogP contribution in [0.3, 0.4) is 0 Å². The second-order valence-corrected chi connectivity index (χ2v) is 12.6. The lowest BCUT2D eigenvalue weighted by atomic mass is 9.75. The van der Waals surface area contributed by atoms with Crippen LogP contribution >= 0.6 is 0 Å². The molecule has 8 nitrogen and oxygen atoms in total. The summed E-state index contributed by atoms with van der Waals surface area (Å²) in [5.41, 5.74) is 4.41. The maximum atomic E-state index is 13.9. The summed E-state index contributed by atoms with van der Waals surface area (Å²) in [6.45, 7) is 8.00. The van der Waals surface area contributed by atoms with Crippen LogP contribution in [0.5, 0.6) is 5.75 Å². The Bertz CT molecular complexity index is 1270. The number of nitrogens with zero attached hydrogens (tertiary/aromatic N) is 2. The van der Waals surface area contributed by atoms with Gasteiger partial charge in [-0.3, -0.25) is 14.4 Å². The number of aromatic nitrogens is 1. The van der Waals surface area contributed by atoms with Crippen LogP contribution in [0.15, 0.2) is 18.2 Å². The van der Waals surface area contributed by atoms with Crippen LogP contribution in [0.4, 0.5) is 5.69 Å². The normalized spacial score (nSPS) is 18.6. The average Bonchev–Trinajstić information content (AvgIpc) is 3.50.